The molecule has 2 aromatic rings. The van der Waals surface area contributed by atoms with Gasteiger partial charge >= 0.3 is 0 Å². The third-order valence-corrected chi connectivity index (χ3v) is 1.92. The number of nitrogens with two attached hydrogens (primary N) is 1. The Morgan fingerprint density at radius 3 is 2.71 bits per heavy atom. The molecule has 0 radical (unpaired) electrons. The number of carbonyl (C=O) groups excluding carboxylic acids is 1. The monoisotopic (exact) mass is 187 g/mol. The lowest BCUT2D eigenvalue weighted by Crippen LogP contribution is -2.15. The second kappa shape index (κ2) is 3.51. The van der Waals surface area contributed by atoms with Crippen molar-refractivity contribution in [1.82, 2.24) is 9.97 Å². The van der Waals surface area contributed by atoms with E-state index in [1.54, 1.807) is 0 Å². The number of benzene rings is 1. The molecule has 0 fully saturated rings. The van der Waals surface area contributed by atoms with Crippen LogP contribution in [0.2, 0.25) is 0 Å². The lowest BCUT2D eigenvalue weighted by atomic mass is 10.2. The van der Waals surface area contributed by atoms with Crippen LogP contribution in [0.3, 0.4) is 0 Å². The van der Waals surface area contributed by atoms with Gasteiger partial charge in [0.25, 0.3) is 0 Å². The van der Waals surface area contributed by atoms with Crippen LogP contribution in [-0.4, -0.2) is 22.3 Å². The quantitative estimate of drug-likeness (QED) is 0.705. The molecule has 0 bridgehead atoms. The first-order valence-corrected chi connectivity index (χ1v) is 4.26. The van der Waals surface area contributed by atoms with Gasteiger partial charge in [0.1, 0.15) is 5.69 Å². The number of Topliss-reactive ketones (excluding diaryl/α,β-unsaturated/α-hetero) is 1. The number of carbonyl (C=O) groups is 1. The third-order valence-electron chi connectivity index (χ3n) is 1.92. The lowest BCUT2D eigenvalue weighted by molar-refractivity contribution is 0.0996. The van der Waals surface area contributed by atoms with Crippen molar-refractivity contribution in [3.63, 3.8) is 0 Å². The highest BCUT2D eigenvalue weighted by molar-refractivity contribution is 5.96. The molecule has 0 aliphatic carbocycles. The molecule has 0 saturated heterocycles. The van der Waals surface area contributed by atoms with Crippen LogP contribution >= 0.6 is 0 Å². The van der Waals surface area contributed by atoms with Gasteiger partial charge in [-0.2, -0.15) is 0 Å². The van der Waals surface area contributed by atoms with Crippen LogP contribution in [0.5, 0.6) is 0 Å². The van der Waals surface area contributed by atoms with Crippen LogP contribution in [0, 0.1) is 0 Å². The van der Waals surface area contributed by atoms with Crippen LogP contribution in [0.1, 0.15) is 10.5 Å². The minimum atomic E-state index is -0.191. The number of rotatable bonds is 2. The Morgan fingerprint density at radius 2 is 2.00 bits per heavy atom. The highest BCUT2D eigenvalue weighted by Gasteiger charge is 2.05. The van der Waals surface area contributed by atoms with E-state index in [1.165, 1.54) is 6.20 Å². The molecule has 1 aromatic heterocycles. The molecule has 0 saturated carbocycles. The summed E-state index contributed by atoms with van der Waals surface area (Å²) in [4.78, 5) is 19.5. The van der Waals surface area contributed by atoms with Crippen LogP contribution < -0.4 is 5.73 Å². The number of para-hydroxylation sites is 2. The number of aromatic nitrogens is 2. The average Bonchev–Trinajstić information content (AvgIpc) is 2.27. The molecule has 0 spiro atoms. The number of fused-ring (bicyclic) bond motifs is 1. The fraction of sp³-hybridized carbons (Fsp3) is 0.100. The molecule has 0 aliphatic heterocycles. The van der Waals surface area contributed by atoms with Crippen molar-refractivity contribution < 1.29 is 4.79 Å². The molecule has 14 heavy (non-hydrogen) atoms. The van der Waals surface area contributed by atoms with Gasteiger partial charge in [-0.05, 0) is 12.1 Å². The summed E-state index contributed by atoms with van der Waals surface area (Å²) < 4.78 is 0. The Labute approximate surface area is 80.8 Å². The first-order valence-electron chi connectivity index (χ1n) is 4.26. The summed E-state index contributed by atoms with van der Waals surface area (Å²) in [6, 6.07) is 7.39. The number of ketones is 1. The van der Waals surface area contributed by atoms with Crippen molar-refractivity contribution in [3.05, 3.63) is 36.2 Å². The Morgan fingerprint density at radius 1 is 1.29 bits per heavy atom. The first-order chi connectivity index (χ1) is 6.81. The van der Waals surface area contributed by atoms with Gasteiger partial charge in [-0.15, -0.1) is 0 Å². The largest absolute Gasteiger partial charge is 0.324 e. The average molecular weight is 187 g/mol. The second-order valence-corrected chi connectivity index (χ2v) is 2.87. The summed E-state index contributed by atoms with van der Waals surface area (Å²) >= 11 is 0. The number of hydrogen-bond donors (Lipinski definition) is 1. The zero-order chi connectivity index (χ0) is 9.97. The summed E-state index contributed by atoms with van der Waals surface area (Å²) in [6.07, 6.45) is 1.46. The third kappa shape index (κ3) is 1.47. The zero-order valence-corrected chi connectivity index (χ0v) is 7.47. The van der Waals surface area contributed by atoms with Crippen molar-refractivity contribution >= 4 is 16.8 Å². The van der Waals surface area contributed by atoms with Gasteiger partial charge in [0.15, 0.2) is 5.78 Å². The normalized spacial score (nSPS) is 10.4. The smallest absolute Gasteiger partial charge is 0.196 e. The van der Waals surface area contributed by atoms with Gasteiger partial charge in [0.05, 0.1) is 23.8 Å². The van der Waals surface area contributed by atoms with E-state index in [-0.39, 0.29) is 12.3 Å². The maximum atomic E-state index is 11.2. The van der Waals surface area contributed by atoms with Gasteiger partial charge in [-0.1, -0.05) is 12.1 Å². The molecule has 0 unspecified atom stereocenters. The van der Waals surface area contributed by atoms with Crippen LogP contribution in [0.4, 0.5) is 0 Å². The summed E-state index contributed by atoms with van der Waals surface area (Å²) in [6.45, 7) is -0.0347. The first kappa shape index (κ1) is 8.77. The minimum Gasteiger partial charge on any atom is -0.324 e. The van der Waals surface area contributed by atoms with Crippen molar-refractivity contribution in [3.8, 4) is 0 Å². The highest BCUT2D eigenvalue weighted by atomic mass is 16.1. The highest BCUT2D eigenvalue weighted by Crippen LogP contribution is 2.08. The maximum absolute atomic E-state index is 11.2. The molecule has 0 aliphatic rings. The molecule has 0 atom stereocenters. The second-order valence-electron chi connectivity index (χ2n) is 2.87. The molecule has 2 N–H and O–H groups in total. The van der Waals surface area contributed by atoms with E-state index in [2.05, 4.69) is 9.97 Å². The number of hydrogen-bond acceptors (Lipinski definition) is 4. The Hall–Kier alpha value is -1.81. The van der Waals surface area contributed by atoms with Gasteiger partial charge in [-0.25, -0.2) is 4.98 Å². The van der Waals surface area contributed by atoms with Gasteiger partial charge < -0.3 is 5.73 Å². The Bertz CT molecular complexity index is 482. The number of nitrogens with zero attached hydrogens (tertiary/aromatic N) is 2. The lowest BCUT2D eigenvalue weighted by Gasteiger charge is -1.98. The summed E-state index contributed by atoms with van der Waals surface area (Å²) in [7, 11) is 0. The Kier molecular flexibility index (Phi) is 2.20. The summed E-state index contributed by atoms with van der Waals surface area (Å²) in [5, 5.41) is 0. The van der Waals surface area contributed by atoms with Crippen molar-refractivity contribution in [2.24, 2.45) is 5.73 Å². The van der Waals surface area contributed by atoms with Crippen LogP contribution in [0.25, 0.3) is 11.0 Å². The van der Waals surface area contributed by atoms with E-state index >= 15 is 0 Å². The maximum Gasteiger partial charge on any atom is 0.196 e. The van der Waals surface area contributed by atoms with E-state index < -0.39 is 0 Å². The molecular weight excluding hydrogens is 178 g/mol. The van der Waals surface area contributed by atoms with E-state index in [1.807, 2.05) is 24.3 Å². The molecular formula is C10H9N3O. The minimum absolute atomic E-state index is 0.0347. The van der Waals surface area contributed by atoms with Crippen molar-refractivity contribution in [2.75, 3.05) is 6.54 Å². The predicted molar refractivity (Wildman–Crippen MR) is 52.9 cm³/mol. The molecule has 1 heterocycles. The fourth-order valence-electron chi connectivity index (χ4n) is 1.20. The summed E-state index contributed by atoms with van der Waals surface area (Å²) in [5.74, 6) is -0.191. The summed E-state index contributed by atoms with van der Waals surface area (Å²) in [5.41, 5.74) is 7.05. The molecule has 0 amide bonds. The molecule has 2 rings (SSSR count). The standard InChI is InChI=1S/C10H9N3O/c11-5-10(14)9-6-12-7-3-1-2-4-8(7)13-9/h1-4,6H,5,11H2. The molecule has 70 valence electrons. The topological polar surface area (TPSA) is 68.9 Å². The fourth-order valence-corrected chi connectivity index (χ4v) is 1.20. The van der Waals surface area contributed by atoms with E-state index in [0.717, 1.165) is 5.52 Å². The van der Waals surface area contributed by atoms with E-state index in [0.29, 0.717) is 11.2 Å². The predicted octanol–water partition coefficient (Wildman–Crippen LogP) is 0.771. The molecule has 4 nitrogen and oxygen atoms in total. The van der Waals surface area contributed by atoms with Gasteiger partial charge in [0.2, 0.25) is 0 Å². The van der Waals surface area contributed by atoms with Crippen molar-refractivity contribution in [1.29, 1.82) is 0 Å². The Balaban J connectivity index is 2.56. The SMILES string of the molecule is NCC(=O)c1cnc2ccccc2n1. The zero-order valence-electron chi connectivity index (χ0n) is 7.47. The van der Waals surface area contributed by atoms with Crippen LogP contribution in [-0.2, 0) is 0 Å². The molecule has 4 heteroatoms. The van der Waals surface area contributed by atoms with E-state index in [9.17, 15) is 4.79 Å². The van der Waals surface area contributed by atoms with E-state index in [4.69, 9.17) is 5.73 Å². The van der Waals surface area contributed by atoms with Crippen molar-refractivity contribution in [2.45, 2.75) is 0 Å². The van der Waals surface area contributed by atoms with Gasteiger partial charge in [-0.3, -0.25) is 9.78 Å². The van der Waals surface area contributed by atoms with Gasteiger partial charge in [0, 0.05) is 0 Å². The molecule has 1 aromatic carbocycles. The van der Waals surface area contributed by atoms with Crippen LogP contribution in [0.15, 0.2) is 30.5 Å².